The monoisotopic (exact) mass is 351 g/mol. The Morgan fingerprint density at radius 3 is 2.88 bits per heavy atom. The van der Waals surface area contributed by atoms with Crippen LogP contribution < -0.4 is 4.90 Å². The van der Waals surface area contributed by atoms with Crippen molar-refractivity contribution in [1.29, 1.82) is 0 Å². The summed E-state index contributed by atoms with van der Waals surface area (Å²) in [6.07, 6.45) is 9.96. The van der Waals surface area contributed by atoms with E-state index < -0.39 is 0 Å². The van der Waals surface area contributed by atoms with Crippen LogP contribution in [0.15, 0.2) is 18.5 Å². The SMILES string of the molecule is CN(C)c1cc(C#CC2CC2)cnc1-c1cn(CC2CCCCO2)nn1. The fraction of sp³-hybridized carbons (Fsp3) is 0.550. The molecule has 0 aromatic carbocycles. The Labute approximate surface area is 154 Å². The topological polar surface area (TPSA) is 56.1 Å². The molecule has 1 saturated carbocycles. The highest BCUT2D eigenvalue weighted by atomic mass is 16.5. The Hall–Kier alpha value is -2.39. The molecule has 6 nitrogen and oxygen atoms in total. The number of hydrogen-bond donors (Lipinski definition) is 0. The van der Waals surface area contributed by atoms with Crippen molar-refractivity contribution < 1.29 is 4.74 Å². The predicted molar refractivity (Wildman–Crippen MR) is 101 cm³/mol. The third kappa shape index (κ3) is 4.05. The first-order valence-electron chi connectivity index (χ1n) is 9.40. The second-order valence-corrected chi connectivity index (χ2v) is 7.34. The minimum absolute atomic E-state index is 0.236. The number of ether oxygens (including phenoxy) is 1. The van der Waals surface area contributed by atoms with E-state index >= 15 is 0 Å². The molecular formula is C20H25N5O. The molecule has 2 fully saturated rings. The second-order valence-electron chi connectivity index (χ2n) is 7.34. The van der Waals surface area contributed by atoms with Gasteiger partial charge in [0.05, 0.1) is 24.5 Å². The van der Waals surface area contributed by atoms with Gasteiger partial charge in [0.15, 0.2) is 0 Å². The lowest BCUT2D eigenvalue weighted by Crippen LogP contribution is -2.24. The summed E-state index contributed by atoms with van der Waals surface area (Å²) in [5, 5.41) is 8.62. The Bertz CT molecular complexity index is 822. The molecule has 0 amide bonds. The highest BCUT2D eigenvalue weighted by Gasteiger charge is 2.19. The summed E-state index contributed by atoms with van der Waals surface area (Å²) in [6.45, 7) is 1.59. The van der Waals surface area contributed by atoms with Crippen LogP contribution in [0.3, 0.4) is 0 Å². The Morgan fingerprint density at radius 2 is 2.15 bits per heavy atom. The molecule has 6 heteroatoms. The zero-order valence-electron chi connectivity index (χ0n) is 15.5. The highest BCUT2D eigenvalue weighted by Crippen LogP contribution is 2.29. The van der Waals surface area contributed by atoms with Crippen molar-refractivity contribution in [2.45, 2.75) is 44.8 Å². The molecule has 1 atom stereocenters. The van der Waals surface area contributed by atoms with Gasteiger partial charge in [0.2, 0.25) is 0 Å². The van der Waals surface area contributed by atoms with Crippen molar-refractivity contribution in [2.24, 2.45) is 5.92 Å². The maximum absolute atomic E-state index is 5.80. The first kappa shape index (κ1) is 17.0. The molecule has 1 aliphatic heterocycles. The van der Waals surface area contributed by atoms with Crippen LogP contribution >= 0.6 is 0 Å². The van der Waals surface area contributed by atoms with Crippen molar-refractivity contribution >= 4 is 5.69 Å². The number of aromatic nitrogens is 4. The zero-order valence-corrected chi connectivity index (χ0v) is 15.5. The normalized spacial score (nSPS) is 19.7. The summed E-state index contributed by atoms with van der Waals surface area (Å²) in [5.41, 5.74) is 3.58. The van der Waals surface area contributed by atoms with Crippen LogP contribution in [0.5, 0.6) is 0 Å². The molecule has 0 N–H and O–H groups in total. The zero-order chi connectivity index (χ0) is 17.9. The van der Waals surface area contributed by atoms with Gasteiger partial charge in [-0.3, -0.25) is 4.98 Å². The molecule has 26 heavy (non-hydrogen) atoms. The lowest BCUT2D eigenvalue weighted by atomic mass is 10.1. The van der Waals surface area contributed by atoms with E-state index in [9.17, 15) is 0 Å². The van der Waals surface area contributed by atoms with Gasteiger partial charge in [0.25, 0.3) is 0 Å². The van der Waals surface area contributed by atoms with Crippen LogP contribution in [-0.4, -0.2) is 46.8 Å². The third-order valence-corrected chi connectivity index (χ3v) is 4.79. The minimum atomic E-state index is 0.236. The van der Waals surface area contributed by atoms with Gasteiger partial charge in [-0.25, -0.2) is 4.68 Å². The van der Waals surface area contributed by atoms with Crippen molar-refractivity contribution in [3.8, 4) is 23.2 Å². The van der Waals surface area contributed by atoms with Gasteiger partial charge < -0.3 is 9.64 Å². The van der Waals surface area contributed by atoms with Crippen molar-refractivity contribution in [1.82, 2.24) is 20.0 Å². The predicted octanol–water partition coefficient (Wildman–Crippen LogP) is 2.74. The summed E-state index contributed by atoms with van der Waals surface area (Å²) in [5.74, 6) is 7.12. The van der Waals surface area contributed by atoms with E-state index in [4.69, 9.17) is 4.74 Å². The number of anilines is 1. The van der Waals surface area contributed by atoms with Crippen molar-refractivity contribution in [3.63, 3.8) is 0 Å². The summed E-state index contributed by atoms with van der Waals surface area (Å²) < 4.78 is 7.67. The Balaban J connectivity index is 1.55. The van der Waals surface area contributed by atoms with E-state index in [1.165, 1.54) is 19.3 Å². The summed E-state index contributed by atoms with van der Waals surface area (Å²) >= 11 is 0. The Kier molecular flexibility index (Phi) is 4.89. The maximum Gasteiger partial charge on any atom is 0.133 e. The smallest absolute Gasteiger partial charge is 0.133 e. The van der Waals surface area contributed by atoms with E-state index in [-0.39, 0.29) is 6.10 Å². The summed E-state index contributed by atoms with van der Waals surface area (Å²) in [6, 6.07) is 2.08. The first-order chi connectivity index (χ1) is 12.7. The van der Waals surface area contributed by atoms with Gasteiger partial charge >= 0.3 is 0 Å². The van der Waals surface area contributed by atoms with Crippen LogP contribution in [-0.2, 0) is 11.3 Å². The number of hydrogen-bond acceptors (Lipinski definition) is 5. The van der Waals surface area contributed by atoms with Gasteiger partial charge in [-0.05, 0) is 38.2 Å². The summed E-state index contributed by atoms with van der Waals surface area (Å²) in [7, 11) is 4.03. The molecule has 2 aliphatic rings. The molecule has 0 spiro atoms. The number of nitrogens with zero attached hydrogens (tertiary/aromatic N) is 5. The van der Waals surface area contributed by atoms with Gasteiger partial charge in [-0.15, -0.1) is 5.10 Å². The quantitative estimate of drug-likeness (QED) is 0.793. The van der Waals surface area contributed by atoms with Gasteiger partial charge in [-0.1, -0.05) is 17.1 Å². The lowest BCUT2D eigenvalue weighted by Gasteiger charge is -2.21. The van der Waals surface area contributed by atoms with E-state index in [1.807, 2.05) is 36.1 Å². The molecule has 1 unspecified atom stereocenters. The molecule has 2 aromatic rings. The van der Waals surface area contributed by atoms with Gasteiger partial charge in [0.1, 0.15) is 11.4 Å². The van der Waals surface area contributed by atoms with Crippen molar-refractivity contribution in [2.75, 3.05) is 25.6 Å². The Morgan fingerprint density at radius 1 is 1.27 bits per heavy atom. The van der Waals surface area contributed by atoms with Gasteiger partial charge in [0, 0.05) is 38.4 Å². The van der Waals surface area contributed by atoms with Gasteiger partial charge in [-0.2, -0.15) is 0 Å². The van der Waals surface area contributed by atoms with Crippen LogP contribution in [0.25, 0.3) is 11.4 Å². The van der Waals surface area contributed by atoms with E-state index in [0.29, 0.717) is 5.92 Å². The molecular weight excluding hydrogens is 326 g/mol. The maximum atomic E-state index is 5.80. The van der Waals surface area contributed by atoms with Crippen LogP contribution in [0.1, 0.15) is 37.7 Å². The fourth-order valence-electron chi connectivity index (χ4n) is 3.13. The molecule has 1 saturated heterocycles. The highest BCUT2D eigenvalue weighted by molar-refractivity contribution is 5.73. The lowest BCUT2D eigenvalue weighted by molar-refractivity contribution is 0.00370. The molecule has 4 rings (SSSR count). The van der Waals surface area contributed by atoms with E-state index in [2.05, 4.69) is 33.2 Å². The summed E-state index contributed by atoms with van der Waals surface area (Å²) in [4.78, 5) is 6.69. The van der Waals surface area contributed by atoms with Crippen molar-refractivity contribution in [3.05, 3.63) is 24.0 Å². The average Bonchev–Trinajstić information content (AvgIpc) is 3.38. The molecule has 2 aromatic heterocycles. The standard InChI is InChI=1S/C20H25N5O/c1-24(2)19-11-16(9-8-15-6-7-15)12-21-20(19)18-14-25(23-22-18)13-17-5-3-4-10-26-17/h11-12,14-15,17H,3-7,10,13H2,1-2H3. The third-order valence-electron chi connectivity index (χ3n) is 4.79. The largest absolute Gasteiger partial charge is 0.376 e. The molecule has 136 valence electrons. The van der Waals surface area contributed by atoms with Crippen LogP contribution in [0.4, 0.5) is 5.69 Å². The number of rotatable bonds is 4. The molecule has 0 bridgehead atoms. The second kappa shape index (κ2) is 7.46. The number of pyridine rings is 1. The minimum Gasteiger partial charge on any atom is -0.376 e. The molecule has 0 radical (unpaired) electrons. The molecule has 1 aliphatic carbocycles. The van der Waals surface area contributed by atoms with Crippen LogP contribution in [0.2, 0.25) is 0 Å². The van der Waals surface area contributed by atoms with Crippen LogP contribution in [0, 0.1) is 17.8 Å². The van der Waals surface area contributed by atoms with E-state index in [1.54, 1.807) is 0 Å². The average molecular weight is 351 g/mol. The van der Waals surface area contributed by atoms with E-state index in [0.717, 1.165) is 48.6 Å². The fourth-order valence-corrected chi connectivity index (χ4v) is 3.13. The first-order valence-corrected chi connectivity index (χ1v) is 9.40. The molecule has 3 heterocycles.